The van der Waals surface area contributed by atoms with Crippen molar-refractivity contribution in [2.45, 2.75) is 19.4 Å². The average Bonchev–Trinajstić information content (AvgIpc) is 2.82. The lowest BCUT2D eigenvalue weighted by Gasteiger charge is -2.33. The van der Waals surface area contributed by atoms with Gasteiger partial charge in [-0.1, -0.05) is 18.7 Å². The Morgan fingerprint density at radius 3 is 2.28 bits per heavy atom. The maximum Gasteiger partial charge on any atom is 0.338 e. The third kappa shape index (κ3) is 4.30. The predicted molar refractivity (Wildman–Crippen MR) is 119 cm³/mol. The van der Waals surface area contributed by atoms with E-state index in [0.29, 0.717) is 30.2 Å². The SMILES string of the molecule is C=C1c2cc(OC)c(OC)cc2CCN1C(=O)[C@@H](C)NC(=O)c1ccccc1C(=O)OC. The van der Waals surface area contributed by atoms with Crippen LogP contribution in [-0.2, 0) is 16.0 Å². The second kappa shape index (κ2) is 9.55. The van der Waals surface area contributed by atoms with Gasteiger partial charge in [0, 0.05) is 17.8 Å². The highest BCUT2D eigenvalue weighted by atomic mass is 16.5. The second-order valence-corrected chi connectivity index (χ2v) is 7.28. The Labute approximate surface area is 186 Å². The number of benzene rings is 2. The van der Waals surface area contributed by atoms with Crippen molar-refractivity contribution in [1.82, 2.24) is 10.2 Å². The number of rotatable bonds is 6. The van der Waals surface area contributed by atoms with E-state index in [2.05, 4.69) is 11.9 Å². The molecule has 0 unspecified atom stereocenters. The molecule has 1 aliphatic rings. The van der Waals surface area contributed by atoms with Gasteiger partial charge in [0.2, 0.25) is 5.91 Å². The summed E-state index contributed by atoms with van der Waals surface area (Å²) < 4.78 is 15.5. The molecule has 1 N–H and O–H groups in total. The van der Waals surface area contributed by atoms with Crippen molar-refractivity contribution in [2.75, 3.05) is 27.9 Å². The first-order chi connectivity index (χ1) is 15.3. The summed E-state index contributed by atoms with van der Waals surface area (Å²) in [5.74, 6) is -0.313. The number of fused-ring (bicyclic) bond motifs is 1. The van der Waals surface area contributed by atoms with Crippen molar-refractivity contribution in [1.29, 1.82) is 0 Å². The molecule has 0 spiro atoms. The maximum atomic E-state index is 13.1. The van der Waals surface area contributed by atoms with Crippen molar-refractivity contribution in [3.05, 3.63) is 65.2 Å². The first-order valence-electron chi connectivity index (χ1n) is 10.1. The zero-order valence-electron chi connectivity index (χ0n) is 18.6. The van der Waals surface area contributed by atoms with Crippen LogP contribution in [0.15, 0.2) is 43.0 Å². The van der Waals surface area contributed by atoms with E-state index in [9.17, 15) is 14.4 Å². The molecule has 3 rings (SSSR count). The second-order valence-electron chi connectivity index (χ2n) is 7.28. The lowest BCUT2D eigenvalue weighted by Crippen LogP contribution is -2.48. The van der Waals surface area contributed by atoms with E-state index < -0.39 is 17.9 Å². The van der Waals surface area contributed by atoms with Gasteiger partial charge in [0.25, 0.3) is 5.91 Å². The molecule has 2 aromatic carbocycles. The molecule has 0 fully saturated rings. The summed E-state index contributed by atoms with van der Waals surface area (Å²) in [7, 11) is 4.36. The van der Waals surface area contributed by atoms with Gasteiger partial charge in [-0.15, -0.1) is 0 Å². The molecule has 0 aromatic heterocycles. The number of hydrogen-bond acceptors (Lipinski definition) is 6. The van der Waals surface area contributed by atoms with Gasteiger partial charge in [-0.2, -0.15) is 0 Å². The smallest absolute Gasteiger partial charge is 0.338 e. The van der Waals surface area contributed by atoms with Gasteiger partial charge in [0.1, 0.15) is 6.04 Å². The summed E-state index contributed by atoms with van der Waals surface area (Å²) in [5, 5.41) is 2.67. The number of methoxy groups -OCH3 is 3. The molecular weight excluding hydrogens is 412 g/mol. The van der Waals surface area contributed by atoms with Crippen LogP contribution in [-0.4, -0.2) is 56.6 Å². The molecule has 1 atom stereocenters. The molecule has 0 saturated carbocycles. The molecular formula is C24H26N2O6. The standard InChI is InChI=1S/C24H26N2O6/c1-14(25-22(27)17-8-6-7-9-18(17)24(29)32-5)23(28)26-11-10-16-12-20(30-3)21(31-4)13-19(16)15(26)2/h6-9,12-14H,2,10-11H2,1,3-5H3,(H,25,27)/t14-/m1/s1. The fraction of sp³-hybridized carbons (Fsp3) is 0.292. The van der Waals surface area contributed by atoms with Gasteiger partial charge >= 0.3 is 5.97 Å². The van der Waals surface area contributed by atoms with Crippen molar-refractivity contribution in [3.8, 4) is 11.5 Å². The molecule has 2 aromatic rings. The minimum absolute atomic E-state index is 0.129. The van der Waals surface area contributed by atoms with Crippen LogP contribution < -0.4 is 14.8 Å². The van der Waals surface area contributed by atoms with Crippen LogP contribution in [0.1, 0.15) is 38.8 Å². The molecule has 1 aliphatic heterocycles. The first-order valence-corrected chi connectivity index (χ1v) is 10.1. The van der Waals surface area contributed by atoms with E-state index in [1.807, 2.05) is 6.07 Å². The number of carbonyl (C=O) groups excluding carboxylic acids is 3. The Morgan fingerprint density at radius 1 is 1.03 bits per heavy atom. The fourth-order valence-electron chi connectivity index (χ4n) is 3.69. The number of nitrogens with zero attached hydrogens (tertiary/aromatic N) is 1. The van der Waals surface area contributed by atoms with E-state index in [4.69, 9.17) is 14.2 Å². The predicted octanol–water partition coefficient (Wildman–Crippen LogP) is 2.66. The maximum absolute atomic E-state index is 13.1. The minimum atomic E-state index is -0.841. The third-order valence-electron chi connectivity index (χ3n) is 5.41. The van der Waals surface area contributed by atoms with Crippen LogP contribution >= 0.6 is 0 Å². The number of esters is 1. The number of amides is 2. The van der Waals surface area contributed by atoms with E-state index in [-0.39, 0.29) is 17.0 Å². The Balaban J connectivity index is 1.78. The van der Waals surface area contributed by atoms with Crippen LogP contribution in [0.2, 0.25) is 0 Å². The van der Waals surface area contributed by atoms with Crippen LogP contribution in [0.4, 0.5) is 0 Å². The van der Waals surface area contributed by atoms with Crippen LogP contribution in [0.25, 0.3) is 5.70 Å². The zero-order valence-corrected chi connectivity index (χ0v) is 18.6. The van der Waals surface area contributed by atoms with Gasteiger partial charge in [-0.05, 0) is 43.2 Å². The van der Waals surface area contributed by atoms with Crippen molar-refractivity contribution in [3.63, 3.8) is 0 Å². The largest absolute Gasteiger partial charge is 0.493 e. The van der Waals surface area contributed by atoms with E-state index in [1.54, 1.807) is 44.2 Å². The number of ether oxygens (including phenoxy) is 3. The van der Waals surface area contributed by atoms with Gasteiger partial charge in [0.05, 0.1) is 32.5 Å². The first kappa shape index (κ1) is 22.9. The summed E-state index contributed by atoms with van der Waals surface area (Å²) in [4.78, 5) is 39.4. The quantitative estimate of drug-likeness (QED) is 0.697. The number of nitrogens with one attached hydrogen (secondary N) is 1. The normalized spacial score (nSPS) is 13.6. The lowest BCUT2D eigenvalue weighted by atomic mass is 9.95. The van der Waals surface area contributed by atoms with Gasteiger partial charge in [0.15, 0.2) is 11.5 Å². The number of hydrogen-bond donors (Lipinski definition) is 1. The zero-order chi connectivity index (χ0) is 23.4. The Kier molecular flexibility index (Phi) is 6.82. The van der Waals surface area contributed by atoms with Gasteiger partial charge in [-0.3, -0.25) is 9.59 Å². The van der Waals surface area contributed by atoms with Crippen molar-refractivity contribution in [2.24, 2.45) is 0 Å². The highest BCUT2D eigenvalue weighted by Crippen LogP contribution is 2.37. The average molecular weight is 438 g/mol. The third-order valence-corrected chi connectivity index (χ3v) is 5.41. The monoisotopic (exact) mass is 438 g/mol. The highest BCUT2D eigenvalue weighted by Gasteiger charge is 2.30. The van der Waals surface area contributed by atoms with Crippen LogP contribution in [0.5, 0.6) is 11.5 Å². The Bertz CT molecular complexity index is 1080. The highest BCUT2D eigenvalue weighted by molar-refractivity contribution is 6.06. The molecule has 0 saturated heterocycles. The lowest BCUT2D eigenvalue weighted by molar-refractivity contribution is -0.129. The Hall–Kier alpha value is -3.81. The summed E-state index contributed by atoms with van der Waals surface area (Å²) >= 11 is 0. The summed E-state index contributed by atoms with van der Waals surface area (Å²) in [6.45, 7) is 6.10. The minimum Gasteiger partial charge on any atom is -0.493 e. The topological polar surface area (TPSA) is 94.2 Å². The Morgan fingerprint density at radius 2 is 1.66 bits per heavy atom. The number of carbonyl (C=O) groups is 3. The molecule has 168 valence electrons. The van der Waals surface area contributed by atoms with E-state index in [1.165, 1.54) is 19.2 Å². The molecule has 0 radical (unpaired) electrons. The molecule has 8 nitrogen and oxygen atoms in total. The van der Waals surface area contributed by atoms with Gasteiger partial charge < -0.3 is 24.4 Å². The molecule has 2 amide bonds. The summed E-state index contributed by atoms with van der Waals surface area (Å²) in [5.41, 5.74) is 2.58. The van der Waals surface area contributed by atoms with E-state index >= 15 is 0 Å². The van der Waals surface area contributed by atoms with Gasteiger partial charge in [-0.25, -0.2) is 4.79 Å². The van der Waals surface area contributed by atoms with Crippen LogP contribution in [0, 0.1) is 0 Å². The van der Waals surface area contributed by atoms with Crippen LogP contribution in [0.3, 0.4) is 0 Å². The molecule has 32 heavy (non-hydrogen) atoms. The summed E-state index contributed by atoms with van der Waals surface area (Å²) in [6, 6.07) is 9.12. The fourth-order valence-corrected chi connectivity index (χ4v) is 3.69. The summed E-state index contributed by atoms with van der Waals surface area (Å²) in [6.07, 6.45) is 0.603. The van der Waals surface area contributed by atoms with Crippen molar-refractivity contribution < 1.29 is 28.6 Å². The molecule has 8 heteroatoms. The van der Waals surface area contributed by atoms with Crippen molar-refractivity contribution >= 4 is 23.5 Å². The molecule has 1 heterocycles. The molecule has 0 bridgehead atoms. The molecule has 0 aliphatic carbocycles. The van der Waals surface area contributed by atoms with E-state index in [0.717, 1.165) is 11.1 Å².